The van der Waals surface area contributed by atoms with Crippen LogP contribution in [-0.4, -0.2) is 12.1 Å². The van der Waals surface area contributed by atoms with Crippen LogP contribution in [0.5, 0.6) is 0 Å². The molecule has 0 aliphatic heterocycles. The second kappa shape index (κ2) is 9.59. The summed E-state index contributed by atoms with van der Waals surface area (Å²) in [6, 6.07) is 12.7. The third kappa shape index (κ3) is 4.78. The van der Waals surface area contributed by atoms with Gasteiger partial charge in [0.05, 0.1) is 34.6 Å². The molecule has 0 saturated carbocycles. The summed E-state index contributed by atoms with van der Waals surface area (Å²) in [5, 5.41) is 4.63. The first-order chi connectivity index (χ1) is 16.1. The number of nitrogens with zero attached hydrogens (tertiary/aromatic N) is 1. The number of amides is 1. The molecular formula is C25H20Cl2N2O3S. The van der Waals surface area contributed by atoms with Gasteiger partial charge >= 0.3 is 0 Å². The number of benzene rings is 1. The van der Waals surface area contributed by atoms with E-state index < -0.39 is 0 Å². The van der Waals surface area contributed by atoms with E-state index in [-0.39, 0.29) is 5.91 Å². The minimum atomic E-state index is -0.131. The summed E-state index contributed by atoms with van der Waals surface area (Å²) in [5.74, 6) is 1.83. The lowest BCUT2D eigenvalue weighted by molar-refractivity contribution is 0.0948. The van der Waals surface area contributed by atoms with Gasteiger partial charge in [-0.25, -0.2) is 4.99 Å². The number of aliphatic imine (C=N–C) groups is 1. The fourth-order valence-corrected chi connectivity index (χ4v) is 5.42. The molecule has 168 valence electrons. The van der Waals surface area contributed by atoms with Crippen molar-refractivity contribution in [2.45, 2.75) is 32.2 Å². The maximum Gasteiger partial charge on any atom is 0.255 e. The normalized spacial score (nSPS) is 13.4. The number of furan rings is 2. The van der Waals surface area contributed by atoms with E-state index in [4.69, 9.17) is 32.0 Å². The standard InChI is InChI=1S/C25H20Cl2N2O3S/c26-19-9-7-15(12-20(19)27)21-10-8-17(32-21)14-29-25-23(18-5-1-2-6-22(18)33-25)24(30)28-13-16-4-3-11-31-16/h3-4,7-12,14H,1-2,5-6,13H2,(H,28,30). The molecule has 8 heteroatoms. The van der Waals surface area contributed by atoms with Crippen LogP contribution in [-0.2, 0) is 19.4 Å². The highest BCUT2D eigenvalue weighted by Gasteiger charge is 2.25. The number of aryl methyl sites for hydroxylation is 1. The van der Waals surface area contributed by atoms with Crippen LogP contribution in [0, 0.1) is 0 Å². The zero-order valence-electron chi connectivity index (χ0n) is 17.6. The lowest BCUT2D eigenvalue weighted by Crippen LogP contribution is -2.23. The average molecular weight is 499 g/mol. The van der Waals surface area contributed by atoms with Crippen molar-refractivity contribution in [3.05, 3.63) is 86.3 Å². The highest BCUT2D eigenvalue weighted by molar-refractivity contribution is 7.16. The fourth-order valence-electron chi connectivity index (χ4n) is 3.89. The van der Waals surface area contributed by atoms with Gasteiger partial charge in [0.25, 0.3) is 5.91 Å². The van der Waals surface area contributed by atoms with Gasteiger partial charge in [-0.3, -0.25) is 4.79 Å². The fraction of sp³-hybridized carbons (Fsp3) is 0.200. The summed E-state index contributed by atoms with van der Waals surface area (Å²) >= 11 is 13.7. The van der Waals surface area contributed by atoms with Gasteiger partial charge in [0.1, 0.15) is 22.3 Å². The van der Waals surface area contributed by atoms with Gasteiger partial charge in [0, 0.05) is 10.4 Å². The predicted octanol–water partition coefficient (Wildman–Crippen LogP) is 7.47. The van der Waals surface area contributed by atoms with E-state index >= 15 is 0 Å². The van der Waals surface area contributed by atoms with Gasteiger partial charge < -0.3 is 14.2 Å². The summed E-state index contributed by atoms with van der Waals surface area (Å²) in [6.07, 6.45) is 7.34. The molecule has 0 fully saturated rings. The van der Waals surface area contributed by atoms with Gasteiger partial charge in [-0.05, 0) is 73.7 Å². The maximum absolute atomic E-state index is 13.1. The molecule has 0 spiro atoms. The first-order valence-electron chi connectivity index (χ1n) is 10.6. The zero-order valence-corrected chi connectivity index (χ0v) is 19.9. The van der Waals surface area contributed by atoms with Crippen molar-refractivity contribution in [1.82, 2.24) is 5.32 Å². The van der Waals surface area contributed by atoms with Crippen molar-refractivity contribution < 1.29 is 13.6 Å². The number of rotatable bonds is 6. The summed E-state index contributed by atoms with van der Waals surface area (Å²) in [7, 11) is 0. The Bertz CT molecular complexity index is 1320. The number of nitrogens with one attached hydrogen (secondary N) is 1. The monoisotopic (exact) mass is 498 g/mol. The lowest BCUT2D eigenvalue weighted by Gasteiger charge is -2.12. The van der Waals surface area contributed by atoms with Crippen LogP contribution in [0.3, 0.4) is 0 Å². The van der Waals surface area contributed by atoms with Crippen LogP contribution < -0.4 is 5.32 Å². The molecule has 0 radical (unpaired) electrons. The van der Waals surface area contributed by atoms with E-state index in [1.54, 1.807) is 42.0 Å². The van der Waals surface area contributed by atoms with Crippen LogP contribution in [0.15, 0.2) is 62.6 Å². The van der Waals surface area contributed by atoms with Gasteiger partial charge in [-0.15, -0.1) is 11.3 Å². The SMILES string of the molecule is O=C(NCc1ccco1)c1c(N=Cc2ccc(-c3ccc(Cl)c(Cl)c3)o2)sc2c1CCCC2. The molecule has 0 atom stereocenters. The predicted molar refractivity (Wildman–Crippen MR) is 132 cm³/mol. The van der Waals surface area contributed by atoms with E-state index in [1.165, 1.54) is 4.88 Å². The number of hydrogen-bond acceptors (Lipinski definition) is 5. The van der Waals surface area contributed by atoms with Gasteiger partial charge in [-0.1, -0.05) is 23.2 Å². The Hall–Kier alpha value is -2.80. The molecule has 33 heavy (non-hydrogen) atoms. The Morgan fingerprint density at radius 2 is 2.00 bits per heavy atom. The number of carbonyl (C=O) groups is 1. The molecule has 0 bridgehead atoms. The molecule has 1 N–H and O–H groups in total. The molecule has 1 amide bonds. The number of carbonyl (C=O) groups excluding carboxylic acids is 1. The van der Waals surface area contributed by atoms with E-state index in [2.05, 4.69) is 10.3 Å². The molecule has 0 saturated heterocycles. The Labute approximate surface area is 205 Å². The highest BCUT2D eigenvalue weighted by Crippen LogP contribution is 2.40. The van der Waals surface area contributed by atoms with Crippen LogP contribution in [0.1, 0.15) is 45.2 Å². The third-order valence-corrected chi connectivity index (χ3v) is 7.46. The molecule has 4 aromatic rings. The number of halogens is 2. The molecule has 3 aromatic heterocycles. The van der Waals surface area contributed by atoms with Crippen molar-refractivity contribution >= 4 is 51.7 Å². The first-order valence-corrected chi connectivity index (χ1v) is 12.2. The molecule has 1 aliphatic rings. The van der Waals surface area contributed by atoms with Crippen molar-refractivity contribution in [3.63, 3.8) is 0 Å². The molecule has 3 heterocycles. The van der Waals surface area contributed by atoms with E-state index in [0.717, 1.165) is 36.8 Å². The first kappa shape index (κ1) is 22.0. The largest absolute Gasteiger partial charge is 0.467 e. The van der Waals surface area contributed by atoms with E-state index in [9.17, 15) is 4.79 Å². The van der Waals surface area contributed by atoms with Crippen LogP contribution >= 0.6 is 34.5 Å². The van der Waals surface area contributed by atoms with Crippen LogP contribution in [0.4, 0.5) is 5.00 Å². The topological polar surface area (TPSA) is 67.7 Å². The molecule has 5 nitrogen and oxygen atoms in total. The zero-order chi connectivity index (χ0) is 22.8. The molecule has 5 rings (SSSR count). The highest BCUT2D eigenvalue weighted by atomic mass is 35.5. The van der Waals surface area contributed by atoms with Crippen molar-refractivity contribution in [2.75, 3.05) is 0 Å². The average Bonchev–Trinajstić information content (AvgIpc) is 3.57. The second-order valence-electron chi connectivity index (χ2n) is 7.74. The summed E-state index contributed by atoms with van der Waals surface area (Å²) in [5.41, 5.74) is 2.61. The smallest absolute Gasteiger partial charge is 0.255 e. The van der Waals surface area contributed by atoms with Gasteiger partial charge in [0.15, 0.2) is 0 Å². The number of hydrogen-bond donors (Lipinski definition) is 1. The quantitative estimate of drug-likeness (QED) is 0.280. The molecular weight excluding hydrogens is 479 g/mol. The second-order valence-corrected chi connectivity index (χ2v) is 9.64. The maximum atomic E-state index is 13.1. The molecule has 0 unspecified atom stereocenters. The van der Waals surface area contributed by atoms with Gasteiger partial charge in [-0.2, -0.15) is 0 Å². The Morgan fingerprint density at radius 1 is 1.12 bits per heavy atom. The summed E-state index contributed by atoms with van der Waals surface area (Å²) in [6.45, 7) is 0.338. The molecule has 1 aliphatic carbocycles. The van der Waals surface area contributed by atoms with Crippen LogP contribution in [0.25, 0.3) is 11.3 Å². The Kier molecular flexibility index (Phi) is 6.40. The Balaban J connectivity index is 1.40. The van der Waals surface area contributed by atoms with Crippen molar-refractivity contribution in [2.24, 2.45) is 4.99 Å². The summed E-state index contributed by atoms with van der Waals surface area (Å²) in [4.78, 5) is 19.0. The van der Waals surface area contributed by atoms with E-state index in [1.807, 2.05) is 24.3 Å². The number of fused-ring (bicyclic) bond motifs is 1. The Morgan fingerprint density at radius 3 is 2.82 bits per heavy atom. The van der Waals surface area contributed by atoms with Crippen LogP contribution in [0.2, 0.25) is 10.0 Å². The van der Waals surface area contributed by atoms with Gasteiger partial charge in [0.2, 0.25) is 0 Å². The van der Waals surface area contributed by atoms with Crippen molar-refractivity contribution in [1.29, 1.82) is 0 Å². The number of thiophene rings is 1. The minimum absolute atomic E-state index is 0.131. The van der Waals surface area contributed by atoms with Crippen molar-refractivity contribution in [3.8, 4) is 11.3 Å². The lowest BCUT2D eigenvalue weighted by atomic mass is 9.95. The third-order valence-electron chi connectivity index (χ3n) is 5.52. The minimum Gasteiger partial charge on any atom is -0.467 e. The van der Waals surface area contributed by atoms with E-state index in [0.29, 0.717) is 44.4 Å². The summed E-state index contributed by atoms with van der Waals surface area (Å²) < 4.78 is 11.3. The molecule has 1 aromatic carbocycles.